The first-order chi connectivity index (χ1) is 11.9. The lowest BCUT2D eigenvalue weighted by molar-refractivity contribution is -0.384. The predicted octanol–water partition coefficient (Wildman–Crippen LogP) is 4.28. The highest BCUT2D eigenvalue weighted by Crippen LogP contribution is 2.33. The molecule has 1 amide bonds. The molecule has 1 fully saturated rings. The van der Waals surface area contributed by atoms with Crippen molar-refractivity contribution in [2.75, 3.05) is 0 Å². The van der Waals surface area contributed by atoms with E-state index in [0.717, 1.165) is 11.8 Å². The van der Waals surface area contributed by atoms with Gasteiger partial charge >= 0.3 is 0 Å². The van der Waals surface area contributed by atoms with Crippen molar-refractivity contribution in [3.05, 3.63) is 73.9 Å². The number of thioether (sulfide) groups is 1. The van der Waals surface area contributed by atoms with Crippen LogP contribution in [0.5, 0.6) is 0 Å². The van der Waals surface area contributed by atoms with E-state index >= 15 is 0 Å². The summed E-state index contributed by atoms with van der Waals surface area (Å²) in [6.45, 7) is 0. The number of nitrogens with one attached hydrogen (secondary N) is 1. The third-order valence-electron chi connectivity index (χ3n) is 3.17. The smallest absolute Gasteiger partial charge is 0.296 e. The Balaban J connectivity index is 1.89. The van der Waals surface area contributed by atoms with Gasteiger partial charge in [-0.1, -0.05) is 23.7 Å². The minimum absolute atomic E-state index is 0.0835. The molecule has 0 spiro atoms. The van der Waals surface area contributed by atoms with Crippen molar-refractivity contribution in [2.45, 2.75) is 0 Å². The zero-order chi connectivity index (χ0) is 18.0. The molecule has 0 radical (unpaired) electrons. The van der Waals surface area contributed by atoms with Crippen LogP contribution in [0.25, 0.3) is 6.08 Å². The van der Waals surface area contributed by atoms with Gasteiger partial charge in [0.15, 0.2) is 5.17 Å². The van der Waals surface area contributed by atoms with E-state index < -0.39 is 4.92 Å². The maximum absolute atomic E-state index is 12.9. The highest BCUT2D eigenvalue weighted by molar-refractivity contribution is 8.18. The van der Waals surface area contributed by atoms with Gasteiger partial charge in [-0.05, 0) is 47.7 Å². The minimum atomic E-state index is -0.595. The van der Waals surface area contributed by atoms with Crippen LogP contribution in [0.1, 0.15) is 5.56 Å². The number of carbonyl (C=O) groups is 1. The van der Waals surface area contributed by atoms with Gasteiger partial charge in [-0.15, -0.1) is 0 Å². The van der Waals surface area contributed by atoms with E-state index in [4.69, 9.17) is 11.6 Å². The van der Waals surface area contributed by atoms with Gasteiger partial charge in [-0.3, -0.25) is 14.9 Å². The maximum atomic E-state index is 12.9. The Hall–Kier alpha value is -2.71. The van der Waals surface area contributed by atoms with Gasteiger partial charge in [-0.2, -0.15) is 0 Å². The van der Waals surface area contributed by atoms with E-state index in [1.165, 1.54) is 42.5 Å². The molecule has 0 unspecified atom stereocenters. The number of nitro groups is 1. The monoisotopic (exact) mass is 377 g/mol. The van der Waals surface area contributed by atoms with Crippen LogP contribution >= 0.6 is 23.4 Å². The molecule has 0 aromatic heterocycles. The summed E-state index contributed by atoms with van der Waals surface area (Å²) in [6.07, 6.45) is 1.58. The molecule has 1 saturated heterocycles. The van der Waals surface area contributed by atoms with Crippen LogP contribution in [-0.4, -0.2) is 16.0 Å². The number of carbonyl (C=O) groups excluding carboxylic acids is 1. The molecule has 3 rings (SSSR count). The summed E-state index contributed by atoms with van der Waals surface area (Å²) >= 11 is 6.80. The fraction of sp³-hybridized carbons (Fsp3) is 0. The molecule has 1 heterocycles. The standard InChI is InChI=1S/C16H9ClFN3O3S/c17-10-3-6-12(13(8-10)21(23)24)19-16-20-15(22)14(25-16)7-9-1-4-11(18)5-2-9/h1-8H,(H,19,20,22)/b14-7+. The molecule has 1 aliphatic heterocycles. The van der Waals surface area contributed by atoms with E-state index in [0.29, 0.717) is 10.5 Å². The zero-order valence-corrected chi connectivity index (χ0v) is 14.0. The molecule has 9 heteroatoms. The van der Waals surface area contributed by atoms with Crippen molar-refractivity contribution >= 4 is 51.9 Å². The number of benzene rings is 2. The Labute approximate surface area is 150 Å². The highest BCUT2D eigenvalue weighted by Gasteiger charge is 2.25. The Morgan fingerprint density at radius 3 is 2.64 bits per heavy atom. The number of hydrogen-bond donors (Lipinski definition) is 1. The van der Waals surface area contributed by atoms with Crippen molar-refractivity contribution < 1.29 is 14.1 Å². The van der Waals surface area contributed by atoms with Crippen LogP contribution in [-0.2, 0) is 4.79 Å². The Bertz CT molecular complexity index is 929. The molecule has 1 N–H and O–H groups in total. The third kappa shape index (κ3) is 4.04. The Morgan fingerprint density at radius 1 is 1.24 bits per heavy atom. The second kappa shape index (κ2) is 7.04. The van der Waals surface area contributed by atoms with Gasteiger partial charge in [0, 0.05) is 11.1 Å². The van der Waals surface area contributed by atoms with E-state index in [-0.39, 0.29) is 33.3 Å². The highest BCUT2D eigenvalue weighted by atomic mass is 35.5. The van der Waals surface area contributed by atoms with Crippen LogP contribution in [0.2, 0.25) is 5.02 Å². The van der Waals surface area contributed by atoms with Crippen LogP contribution in [0.15, 0.2) is 52.4 Å². The van der Waals surface area contributed by atoms with Crippen LogP contribution in [0, 0.1) is 15.9 Å². The minimum Gasteiger partial charge on any atom is -0.300 e. The number of aliphatic imine (C=N–C) groups is 1. The lowest BCUT2D eigenvalue weighted by Crippen LogP contribution is -2.19. The average molecular weight is 378 g/mol. The summed E-state index contributed by atoms with van der Waals surface area (Å²) in [5.41, 5.74) is 0.476. The molecule has 0 bridgehead atoms. The van der Waals surface area contributed by atoms with Gasteiger partial charge in [0.1, 0.15) is 11.5 Å². The molecular weight excluding hydrogens is 369 g/mol. The quantitative estimate of drug-likeness (QED) is 0.491. The first-order valence-corrected chi connectivity index (χ1v) is 8.11. The SMILES string of the molecule is O=C1NC(=Nc2ccc(Cl)cc2[N+](=O)[O-])S/C1=C/c1ccc(F)cc1. The van der Waals surface area contributed by atoms with Gasteiger partial charge in [-0.25, -0.2) is 9.38 Å². The normalized spacial score (nSPS) is 17.1. The van der Waals surface area contributed by atoms with Gasteiger partial charge in [0.05, 0.1) is 9.83 Å². The van der Waals surface area contributed by atoms with Crippen molar-refractivity contribution in [3.63, 3.8) is 0 Å². The summed E-state index contributed by atoms with van der Waals surface area (Å²) in [5.74, 6) is -0.757. The van der Waals surface area contributed by atoms with Crippen molar-refractivity contribution in [1.29, 1.82) is 0 Å². The number of hydrogen-bond acceptors (Lipinski definition) is 5. The number of nitro benzene ring substituents is 1. The molecule has 25 heavy (non-hydrogen) atoms. The number of amidine groups is 1. The van der Waals surface area contributed by atoms with Crippen LogP contribution in [0.3, 0.4) is 0 Å². The number of nitrogens with zero attached hydrogens (tertiary/aromatic N) is 2. The predicted molar refractivity (Wildman–Crippen MR) is 95.3 cm³/mol. The first-order valence-electron chi connectivity index (χ1n) is 6.91. The van der Waals surface area contributed by atoms with Gasteiger partial charge in [0.2, 0.25) is 0 Å². The lowest BCUT2D eigenvalue weighted by atomic mass is 10.2. The fourth-order valence-electron chi connectivity index (χ4n) is 2.04. The van der Waals surface area contributed by atoms with Crippen molar-refractivity contribution in [3.8, 4) is 0 Å². The molecule has 1 aliphatic rings. The van der Waals surface area contributed by atoms with Crippen molar-refractivity contribution in [2.24, 2.45) is 4.99 Å². The summed E-state index contributed by atoms with van der Waals surface area (Å²) in [5, 5.41) is 14.1. The molecule has 6 nitrogen and oxygen atoms in total. The largest absolute Gasteiger partial charge is 0.300 e. The molecule has 0 saturated carbocycles. The van der Waals surface area contributed by atoms with E-state index in [9.17, 15) is 19.3 Å². The second-order valence-electron chi connectivity index (χ2n) is 4.92. The molecule has 0 aliphatic carbocycles. The Morgan fingerprint density at radius 2 is 1.96 bits per heavy atom. The lowest BCUT2D eigenvalue weighted by Gasteiger charge is -1.99. The van der Waals surface area contributed by atoms with Crippen LogP contribution in [0.4, 0.5) is 15.8 Å². The van der Waals surface area contributed by atoms with Gasteiger partial charge in [0.25, 0.3) is 11.6 Å². The third-order valence-corrected chi connectivity index (χ3v) is 4.32. The fourth-order valence-corrected chi connectivity index (χ4v) is 3.04. The molecule has 0 atom stereocenters. The van der Waals surface area contributed by atoms with Crippen LogP contribution < -0.4 is 5.32 Å². The second-order valence-corrected chi connectivity index (χ2v) is 6.39. The average Bonchev–Trinajstić information content (AvgIpc) is 2.90. The molecular formula is C16H9ClFN3O3S. The summed E-state index contributed by atoms with van der Waals surface area (Å²) < 4.78 is 12.9. The summed E-state index contributed by atoms with van der Waals surface area (Å²) in [7, 11) is 0. The molecule has 2 aromatic rings. The number of amides is 1. The van der Waals surface area contributed by atoms with E-state index in [1.807, 2.05) is 0 Å². The Kier molecular flexibility index (Phi) is 4.82. The molecule has 2 aromatic carbocycles. The number of halogens is 2. The summed E-state index contributed by atoms with van der Waals surface area (Å²) in [4.78, 5) is 27.0. The van der Waals surface area contributed by atoms with Crippen molar-refractivity contribution in [1.82, 2.24) is 5.32 Å². The van der Waals surface area contributed by atoms with E-state index in [1.54, 1.807) is 6.08 Å². The maximum Gasteiger partial charge on any atom is 0.296 e. The zero-order valence-electron chi connectivity index (χ0n) is 12.4. The molecule has 126 valence electrons. The topological polar surface area (TPSA) is 84.6 Å². The van der Waals surface area contributed by atoms with E-state index in [2.05, 4.69) is 10.3 Å². The summed E-state index contributed by atoms with van der Waals surface area (Å²) in [6, 6.07) is 9.72. The first kappa shape index (κ1) is 17.1. The number of rotatable bonds is 3. The van der Waals surface area contributed by atoms with Gasteiger partial charge < -0.3 is 5.32 Å².